The first kappa shape index (κ1) is 46.5. The van der Waals surface area contributed by atoms with Crippen molar-refractivity contribution in [3.63, 3.8) is 0 Å². The van der Waals surface area contributed by atoms with Crippen LogP contribution < -0.4 is 27.0 Å². The van der Waals surface area contributed by atoms with Crippen molar-refractivity contribution in [1.29, 1.82) is 0 Å². The topological polar surface area (TPSA) is 312 Å². The van der Waals surface area contributed by atoms with E-state index in [4.69, 9.17) is 39.1 Å². The van der Waals surface area contributed by atoms with E-state index in [9.17, 15) is 33.6 Å². The van der Waals surface area contributed by atoms with E-state index in [0.717, 1.165) is 27.6 Å². The zero-order valence-electron chi connectivity index (χ0n) is 34.1. The van der Waals surface area contributed by atoms with Gasteiger partial charge in [-0.1, -0.05) is 10.3 Å². The summed E-state index contributed by atoms with van der Waals surface area (Å²) in [5.41, 5.74) is 6.33. The standard InChI is InChI=1S/C35H40N10O14S4/c1-13(2)57-35(52)59-14(3)58-32(51)24-16(7-53-4)10-61-30-23(29(49)45(24)30)40-26(47)21(44-55-6)18-12-63-34(38-18)42-27(48)22(28-41-19-15(9-60-28)8-56-31(19)50)39-25(46)20(43-54-5)17-11-62-33(36)37-17/h11-14,22-23,28,30,41H,7-10H2,1-6H3,(H2,36,37)(H,39,46)(H,40,47)(H,38,42,48)/b43-20-,44-21-/t14-,22-,23-,28-,30-/m1/s1. The van der Waals surface area contributed by atoms with E-state index >= 15 is 0 Å². The van der Waals surface area contributed by atoms with E-state index in [1.165, 1.54) is 62.5 Å². The third-order valence-corrected chi connectivity index (χ3v) is 12.8. The molecule has 338 valence electrons. The summed E-state index contributed by atoms with van der Waals surface area (Å²) in [7, 11) is 3.82. The highest BCUT2D eigenvalue weighted by atomic mass is 32.2. The Morgan fingerprint density at radius 2 is 1.65 bits per heavy atom. The number of amides is 4. The number of methoxy groups -OCH3 is 1. The lowest BCUT2D eigenvalue weighted by atomic mass is 10.0. The molecule has 4 amide bonds. The van der Waals surface area contributed by atoms with Crippen LogP contribution in [-0.2, 0) is 62.1 Å². The lowest BCUT2D eigenvalue weighted by Gasteiger charge is -2.49. The summed E-state index contributed by atoms with van der Waals surface area (Å²) < 4.78 is 25.6. The fourth-order valence-corrected chi connectivity index (χ4v) is 9.89. The van der Waals surface area contributed by atoms with E-state index < -0.39 is 76.9 Å². The minimum absolute atomic E-state index is 0.0229. The van der Waals surface area contributed by atoms with E-state index in [0.29, 0.717) is 16.9 Å². The lowest BCUT2D eigenvalue weighted by molar-refractivity contribution is -0.169. The Bertz CT molecular complexity index is 2290. The monoisotopic (exact) mass is 952 g/mol. The molecule has 1 fully saturated rings. The second-order valence-electron chi connectivity index (χ2n) is 13.5. The van der Waals surface area contributed by atoms with Crippen LogP contribution in [0.2, 0.25) is 0 Å². The van der Waals surface area contributed by atoms with Gasteiger partial charge in [-0.3, -0.25) is 24.1 Å². The molecule has 4 aliphatic rings. The number of nitrogens with zero attached hydrogens (tertiary/aromatic N) is 5. The molecule has 4 aliphatic heterocycles. The van der Waals surface area contributed by atoms with Crippen molar-refractivity contribution < 1.29 is 66.9 Å². The number of carbonyl (C=O) groups excluding carboxylic acids is 7. The Morgan fingerprint density at radius 1 is 0.952 bits per heavy atom. The molecule has 63 heavy (non-hydrogen) atoms. The maximum absolute atomic E-state index is 14.0. The summed E-state index contributed by atoms with van der Waals surface area (Å²) in [6, 6.07) is -2.53. The minimum Gasteiger partial charge on any atom is -0.456 e. The zero-order chi connectivity index (χ0) is 45.5. The van der Waals surface area contributed by atoms with Crippen LogP contribution in [-0.4, -0.2) is 149 Å². The van der Waals surface area contributed by atoms with Crippen molar-refractivity contribution in [1.82, 2.24) is 30.8 Å². The quantitative estimate of drug-likeness (QED) is 0.0354. The van der Waals surface area contributed by atoms with Crippen molar-refractivity contribution in [3.05, 3.63) is 44.7 Å². The summed E-state index contributed by atoms with van der Waals surface area (Å²) in [6.45, 7) is 4.60. The fourth-order valence-electron chi connectivity index (χ4n) is 6.12. The Morgan fingerprint density at radius 3 is 2.32 bits per heavy atom. The number of thiazole rings is 2. The first-order valence-corrected chi connectivity index (χ1v) is 22.3. The third-order valence-electron chi connectivity index (χ3n) is 8.78. The van der Waals surface area contributed by atoms with E-state index in [1.54, 1.807) is 13.8 Å². The summed E-state index contributed by atoms with van der Waals surface area (Å²) >= 11 is 4.44. The predicted molar refractivity (Wildman–Crippen MR) is 226 cm³/mol. The summed E-state index contributed by atoms with van der Waals surface area (Å²) in [4.78, 5) is 112. The van der Waals surface area contributed by atoms with Crippen LogP contribution in [0.4, 0.5) is 15.1 Å². The molecular weight excluding hydrogens is 913 g/mol. The highest BCUT2D eigenvalue weighted by Crippen LogP contribution is 2.41. The number of β-lactam (4-membered cyclic amide) rings is 1. The van der Waals surface area contributed by atoms with Crippen LogP contribution in [0.25, 0.3) is 0 Å². The smallest absolute Gasteiger partial charge is 0.456 e. The molecule has 28 heteroatoms. The van der Waals surface area contributed by atoms with Gasteiger partial charge in [0.25, 0.3) is 23.6 Å². The number of nitrogens with two attached hydrogens (primary N) is 1. The molecule has 0 aliphatic carbocycles. The van der Waals surface area contributed by atoms with Crippen molar-refractivity contribution in [3.8, 4) is 0 Å². The second kappa shape index (κ2) is 20.5. The molecule has 2 aromatic heterocycles. The average molecular weight is 953 g/mol. The summed E-state index contributed by atoms with van der Waals surface area (Å²) in [5, 5.41) is 19.8. The van der Waals surface area contributed by atoms with Crippen molar-refractivity contribution in [2.75, 3.05) is 57.1 Å². The van der Waals surface area contributed by atoms with Gasteiger partial charge in [-0.25, -0.2) is 24.4 Å². The highest BCUT2D eigenvalue weighted by molar-refractivity contribution is 8.00. The molecule has 0 radical (unpaired) electrons. The number of rotatable bonds is 17. The Hall–Kier alpha value is -5.97. The number of thioether (sulfide) groups is 2. The number of esters is 2. The number of fused-ring (bicyclic) bond motifs is 1. The number of oxime groups is 2. The zero-order valence-corrected chi connectivity index (χ0v) is 37.4. The molecule has 1 saturated heterocycles. The number of carbonyl (C=O) groups is 7. The van der Waals surface area contributed by atoms with Gasteiger partial charge in [-0.15, -0.1) is 46.2 Å². The third kappa shape index (κ3) is 10.6. The largest absolute Gasteiger partial charge is 0.511 e. The van der Waals surface area contributed by atoms with Crippen molar-refractivity contribution >= 4 is 110 Å². The molecule has 0 spiro atoms. The van der Waals surface area contributed by atoms with E-state index in [-0.39, 0.29) is 63.4 Å². The van der Waals surface area contributed by atoms with Crippen LogP contribution in [0.5, 0.6) is 0 Å². The van der Waals surface area contributed by atoms with Crippen LogP contribution in [0.3, 0.4) is 0 Å². The maximum atomic E-state index is 14.0. The van der Waals surface area contributed by atoms with Crippen LogP contribution in [0, 0.1) is 0 Å². The first-order valence-electron chi connectivity index (χ1n) is 18.5. The van der Waals surface area contributed by atoms with Gasteiger partial charge in [-0.05, 0) is 19.4 Å². The number of anilines is 2. The van der Waals surface area contributed by atoms with Gasteiger partial charge >= 0.3 is 18.1 Å². The lowest BCUT2D eigenvalue weighted by Crippen LogP contribution is -2.71. The molecule has 24 nitrogen and oxygen atoms in total. The van der Waals surface area contributed by atoms with Gasteiger partial charge < -0.3 is 60.4 Å². The Kier molecular flexibility index (Phi) is 15.1. The number of cyclic esters (lactones) is 1. The SMILES string of the molecule is COCC1=C(C(=O)O[C@@H](C)OC(=O)OC(C)C)N2C(=O)[C@@H](NC(=O)/C(=N\OC)c3csc(NC(=O)[C@@H](NC(=O)/C(=N\OC)c4csc(N)n4)[C@@H]4NC5=C(COC5=O)CS4)n3)[C@H]2SC1. The van der Waals surface area contributed by atoms with Gasteiger partial charge in [0.05, 0.1) is 12.7 Å². The molecule has 0 aromatic carbocycles. The maximum Gasteiger partial charge on any atom is 0.511 e. The number of aromatic nitrogens is 2. The van der Waals surface area contributed by atoms with Gasteiger partial charge in [0.1, 0.15) is 66.4 Å². The minimum atomic E-state index is -1.39. The molecule has 0 saturated carbocycles. The first-order chi connectivity index (χ1) is 30.1. The molecular formula is C35H40N10O14S4. The van der Waals surface area contributed by atoms with Crippen LogP contribution in [0.1, 0.15) is 32.2 Å². The molecule has 2 aromatic rings. The average Bonchev–Trinajstić information content (AvgIpc) is 3.99. The number of nitrogens with one attached hydrogen (secondary N) is 4. The summed E-state index contributed by atoms with van der Waals surface area (Å²) in [5.74, 6) is -4.22. The Balaban J connectivity index is 1.15. The van der Waals surface area contributed by atoms with Crippen LogP contribution in [0.15, 0.2) is 43.6 Å². The fraction of sp³-hybridized carbons (Fsp3) is 0.457. The summed E-state index contributed by atoms with van der Waals surface area (Å²) in [6.07, 6.45) is -2.91. The van der Waals surface area contributed by atoms with E-state index in [2.05, 4.69) is 41.5 Å². The predicted octanol–water partition coefficient (Wildman–Crippen LogP) is 0.231. The van der Waals surface area contributed by atoms with Gasteiger partial charge in [0.2, 0.25) is 6.29 Å². The highest BCUT2D eigenvalue weighted by Gasteiger charge is 2.55. The van der Waals surface area contributed by atoms with Crippen molar-refractivity contribution in [2.45, 2.75) is 56.0 Å². The number of nitrogen functional groups attached to an aromatic ring is 1. The van der Waals surface area contributed by atoms with Crippen molar-refractivity contribution in [2.24, 2.45) is 10.3 Å². The van der Waals surface area contributed by atoms with Gasteiger partial charge in [0.15, 0.2) is 21.7 Å². The molecule has 0 unspecified atom stereocenters. The second-order valence-corrected chi connectivity index (χ2v) is 17.5. The molecule has 6 N–H and O–H groups in total. The van der Waals surface area contributed by atoms with Crippen LogP contribution >= 0.6 is 46.2 Å². The number of hydrogen-bond acceptors (Lipinski definition) is 24. The normalized spacial score (nSPS) is 20.6. The Labute approximate surface area is 374 Å². The molecule has 6 heterocycles. The molecule has 0 bridgehead atoms. The van der Waals surface area contributed by atoms with Gasteiger partial charge in [0, 0.05) is 41.9 Å². The van der Waals surface area contributed by atoms with E-state index in [1.807, 2.05) is 0 Å². The number of ether oxygens (including phenoxy) is 5. The van der Waals surface area contributed by atoms with Gasteiger partial charge in [-0.2, -0.15) is 0 Å². The number of hydrogen-bond donors (Lipinski definition) is 5. The molecule has 5 atom stereocenters. The molecule has 6 rings (SSSR count).